The standard InChI is InChI=1S/C17H15N3O2S/c1-2-10-7-8-13-12(9-10)17(16(22)18-13)20-19-15(23-17)11-5-3-4-6-14(11)21/h3-9,20-21H,2H2,1H3,(H,18,22)/t17-/m0/s1. The van der Waals surface area contributed by atoms with Crippen LogP contribution in [-0.2, 0) is 16.1 Å². The number of hydrogen-bond acceptors (Lipinski definition) is 5. The summed E-state index contributed by atoms with van der Waals surface area (Å²) in [5.41, 5.74) is 6.47. The lowest BCUT2D eigenvalue weighted by atomic mass is 10.0. The number of anilines is 1. The van der Waals surface area contributed by atoms with Gasteiger partial charge in [-0.2, -0.15) is 5.10 Å². The Morgan fingerprint density at radius 2 is 2.09 bits per heavy atom. The third-order valence-corrected chi connectivity index (χ3v) is 5.45. The molecule has 5 nitrogen and oxygen atoms in total. The van der Waals surface area contributed by atoms with Crippen molar-refractivity contribution in [1.29, 1.82) is 0 Å². The number of aromatic hydroxyl groups is 1. The molecule has 1 amide bonds. The maximum Gasteiger partial charge on any atom is 0.267 e. The minimum Gasteiger partial charge on any atom is -0.507 e. The zero-order valence-electron chi connectivity index (χ0n) is 12.5. The van der Waals surface area contributed by atoms with E-state index in [1.165, 1.54) is 11.8 Å². The van der Waals surface area contributed by atoms with E-state index in [1.807, 2.05) is 24.3 Å². The summed E-state index contributed by atoms with van der Waals surface area (Å²) in [6, 6.07) is 13.0. The number of hydrogen-bond donors (Lipinski definition) is 3. The molecule has 6 heteroatoms. The van der Waals surface area contributed by atoms with Crippen LogP contribution in [0.4, 0.5) is 5.69 Å². The lowest BCUT2D eigenvalue weighted by Gasteiger charge is -2.20. The number of amides is 1. The van der Waals surface area contributed by atoms with Crippen LogP contribution in [0.25, 0.3) is 0 Å². The van der Waals surface area contributed by atoms with Gasteiger partial charge in [0.05, 0.1) is 5.56 Å². The number of phenols is 1. The Labute approximate surface area is 137 Å². The Kier molecular flexibility index (Phi) is 3.09. The van der Waals surface area contributed by atoms with E-state index in [1.54, 1.807) is 18.2 Å². The predicted molar refractivity (Wildman–Crippen MR) is 91.5 cm³/mol. The highest BCUT2D eigenvalue weighted by atomic mass is 32.2. The van der Waals surface area contributed by atoms with E-state index in [-0.39, 0.29) is 11.7 Å². The number of rotatable bonds is 2. The summed E-state index contributed by atoms with van der Waals surface area (Å²) < 4.78 is 0. The van der Waals surface area contributed by atoms with Crippen LogP contribution in [0.5, 0.6) is 5.75 Å². The molecule has 1 spiro atoms. The van der Waals surface area contributed by atoms with Crippen LogP contribution < -0.4 is 10.7 Å². The lowest BCUT2D eigenvalue weighted by Crippen LogP contribution is -2.39. The molecule has 2 aliphatic heterocycles. The first-order valence-electron chi connectivity index (χ1n) is 7.41. The van der Waals surface area contributed by atoms with Gasteiger partial charge in [0, 0.05) is 11.3 Å². The smallest absolute Gasteiger partial charge is 0.267 e. The van der Waals surface area contributed by atoms with Crippen LogP contribution in [0.15, 0.2) is 47.6 Å². The van der Waals surface area contributed by atoms with E-state index in [2.05, 4.69) is 22.8 Å². The molecule has 2 aliphatic rings. The minimum absolute atomic E-state index is 0.139. The number of nitrogens with zero attached hydrogens (tertiary/aromatic N) is 1. The molecule has 4 rings (SSSR count). The molecular formula is C17H15N3O2S. The van der Waals surface area contributed by atoms with Crippen molar-refractivity contribution in [1.82, 2.24) is 5.43 Å². The summed E-state index contributed by atoms with van der Waals surface area (Å²) in [6.07, 6.45) is 0.898. The van der Waals surface area contributed by atoms with E-state index in [0.717, 1.165) is 23.2 Å². The number of hydrazone groups is 1. The Morgan fingerprint density at radius 1 is 1.26 bits per heavy atom. The Balaban J connectivity index is 1.75. The quantitative estimate of drug-likeness (QED) is 0.794. The number of fused-ring (bicyclic) bond motifs is 2. The fourth-order valence-electron chi connectivity index (χ4n) is 2.85. The highest BCUT2D eigenvalue weighted by molar-refractivity contribution is 8.16. The number of thioether (sulfide) groups is 1. The molecule has 2 aromatic carbocycles. The zero-order chi connectivity index (χ0) is 16.0. The van der Waals surface area contributed by atoms with Crippen molar-refractivity contribution in [3.05, 3.63) is 59.2 Å². The fraction of sp³-hybridized carbons (Fsp3) is 0.176. The molecule has 0 aliphatic carbocycles. The molecule has 0 fully saturated rings. The SMILES string of the molecule is CCc1ccc2c(c1)[C@@]1(NN=C(c3ccccc3O)S1)C(=O)N2. The number of phenolic OH excluding ortho intramolecular Hbond substituents is 1. The van der Waals surface area contributed by atoms with Gasteiger partial charge in [-0.3, -0.25) is 10.2 Å². The summed E-state index contributed by atoms with van der Waals surface area (Å²) in [7, 11) is 0. The topological polar surface area (TPSA) is 73.7 Å². The second kappa shape index (κ2) is 5.03. The van der Waals surface area contributed by atoms with Crippen molar-refractivity contribution < 1.29 is 9.90 Å². The number of aryl methyl sites for hydroxylation is 1. The molecule has 0 aromatic heterocycles. The van der Waals surface area contributed by atoms with Gasteiger partial charge in [-0.05, 0) is 36.2 Å². The molecule has 116 valence electrons. The normalized spacial score (nSPS) is 21.8. The summed E-state index contributed by atoms with van der Waals surface area (Å²) in [6.45, 7) is 2.08. The molecule has 2 heterocycles. The summed E-state index contributed by atoms with van der Waals surface area (Å²) >= 11 is 1.32. The average molecular weight is 325 g/mol. The first-order chi connectivity index (χ1) is 11.1. The van der Waals surface area contributed by atoms with Gasteiger partial charge in [0.15, 0.2) is 0 Å². The van der Waals surface area contributed by atoms with Crippen LogP contribution in [0, 0.1) is 0 Å². The van der Waals surface area contributed by atoms with E-state index in [9.17, 15) is 9.90 Å². The van der Waals surface area contributed by atoms with E-state index < -0.39 is 4.87 Å². The van der Waals surface area contributed by atoms with Gasteiger partial charge in [0.1, 0.15) is 10.8 Å². The second-order valence-electron chi connectivity index (χ2n) is 5.52. The highest BCUT2D eigenvalue weighted by Crippen LogP contribution is 2.48. The highest BCUT2D eigenvalue weighted by Gasteiger charge is 2.52. The van der Waals surface area contributed by atoms with Gasteiger partial charge in [-0.15, -0.1) is 0 Å². The van der Waals surface area contributed by atoms with Crippen LogP contribution >= 0.6 is 11.8 Å². The van der Waals surface area contributed by atoms with Crippen molar-refractivity contribution in [2.45, 2.75) is 18.2 Å². The Morgan fingerprint density at radius 3 is 2.87 bits per heavy atom. The molecule has 2 aromatic rings. The van der Waals surface area contributed by atoms with Gasteiger partial charge >= 0.3 is 0 Å². The average Bonchev–Trinajstić information content (AvgIpc) is 3.12. The second-order valence-corrected chi connectivity index (χ2v) is 6.72. The van der Waals surface area contributed by atoms with Gasteiger partial charge in [-0.25, -0.2) is 0 Å². The molecular weight excluding hydrogens is 310 g/mol. The van der Waals surface area contributed by atoms with Crippen LogP contribution in [-0.4, -0.2) is 16.1 Å². The van der Waals surface area contributed by atoms with E-state index in [4.69, 9.17) is 0 Å². The van der Waals surface area contributed by atoms with Gasteiger partial charge in [-0.1, -0.05) is 36.9 Å². The fourth-order valence-corrected chi connectivity index (χ4v) is 4.02. The maximum absolute atomic E-state index is 12.6. The molecule has 0 unspecified atom stereocenters. The summed E-state index contributed by atoms with van der Waals surface area (Å²) in [5, 5.41) is 17.9. The van der Waals surface area contributed by atoms with Crippen LogP contribution in [0.3, 0.4) is 0 Å². The van der Waals surface area contributed by atoms with Crippen molar-refractivity contribution in [2.75, 3.05) is 5.32 Å². The number of nitrogens with one attached hydrogen (secondary N) is 2. The molecule has 0 bridgehead atoms. The van der Waals surface area contributed by atoms with Crippen molar-refractivity contribution in [3.63, 3.8) is 0 Å². The van der Waals surface area contributed by atoms with E-state index in [0.29, 0.717) is 10.6 Å². The largest absolute Gasteiger partial charge is 0.507 e. The number of benzene rings is 2. The maximum atomic E-state index is 12.6. The monoisotopic (exact) mass is 325 g/mol. The molecule has 1 atom stereocenters. The van der Waals surface area contributed by atoms with E-state index >= 15 is 0 Å². The van der Waals surface area contributed by atoms with Crippen molar-refractivity contribution >= 4 is 28.4 Å². The van der Waals surface area contributed by atoms with Crippen molar-refractivity contribution in [3.8, 4) is 5.75 Å². The summed E-state index contributed by atoms with van der Waals surface area (Å²) in [4.78, 5) is 11.6. The predicted octanol–water partition coefficient (Wildman–Crippen LogP) is 2.76. The first kappa shape index (κ1) is 14.1. The molecule has 0 saturated heterocycles. The molecule has 0 saturated carbocycles. The van der Waals surface area contributed by atoms with Crippen LogP contribution in [0.2, 0.25) is 0 Å². The van der Waals surface area contributed by atoms with Gasteiger partial charge in [0.25, 0.3) is 5.91 Å². The van der Waals surface area contributed by atoms with Gasteiger partial charge < -0.3 is 10.4 Å². The molecule has 0 radical (unpaired) electrons. The minimum atomic E-state index is -0.960. The van der Waals surface area contributed by atoms with Gasteiger partial charge in [0.2, 0.25) is 4.87 Å². The van der Waals surface area contributed by atoms with Crippen LogP contribution in [0.1, 0.15) is 23.6 Å². The Hall–Kier alpha value is -2.47. The van der Waals surface area contributed by atoms with Crippen molar-refractivity contribution in [2.24, 2.45) is 5.10 Å². The number of carbonyl (C=O) groups excluding carboxylic acids is 1. The third kappa shape index (κ3) is 2.02. The Bertz CT molecular complexity index is 849. The molecule has 23 heavy (non-hydrogen) atoms. The summed E-state index contributed by atoms with van der Waals surface area (Å²) in [5.74, 6) is 0.0125. The zero-order valence-corrected chi connectivity index (χ0v) is 13.3. The number of para-hydroxylation sites is 1. The first-order valence-corrected chi connectivity index (χ1v) is 8.23. The lowest BCUT2D eigenvalue weighted by molar-refractivity contribution is -0.118. The third-order valence-electron chi connectivity index (χ3n) is 4.14. The molecule has 3 N–H and O–H groups in total. The number of carbonyl (C=O) groups is 1.